The van der Waals surface area contributed by atoms with Gasteiger partial charge in [-0.3, -0.25) is 4.79 Å². The number of nitrogens with one attached hydrogen (secondary N) is 1. The monoisotopic (exact) mass is 400 g/mol. The van der Waals surface area contributed by atoms with Crippen LogP contribution >= 0.6 is 12.6 Å². The van der Waals surface area contributed by atoms with Gasteiger partial charge in [-0.15, -0.1) is 0 Å². The van der Waals surface area contributed by atoms with Crippen molar-refractivity contribution < 1.29 is 19.4 Å². The highest BCUT2D eigenvalue weighted by Gasteiger charge is 2.18. The number of thiol groups is 1. The van der Waals surface area contributed by atoms with Crippen LogP contribution in [0.2, 0.25) is 0 Å². The first-order valence-electron chi connectivity index (χ1n) is 8.78. The van der Waals surface area contributed by atoms with E-state index in [1.54, 1.807) is 36.4 Å². The Bertz CT molecular complexity index is 869. The number of carbonyl (C=O) groups is 2. The van der Waals surface area contributed by atoms with Gasteiger partial charge in [-0.05, 0) is 42.0 Å². The summed E-state index contributed by atoms with van der Waals surface area (Å²) in [5.41, 5.74) is 1.58. The average Bonchev–Trinajstić information content (AvgIpc) is 2.65. The molecule has 0 saturated carbocycles. The van der Waals surface area contributed by atoms with Crippen molar-refractivity contribution in [3.8, 4) is 0 Å². The molecule has 0 saturated heterocycles. The highest BCUT2D eigenvalue weighted by Crippen LogP contribution is 2.17. The molecule has 0 radical (unpaired) electrons. The SMILES string of the molecule is CC(C)(C)/[N+]([O-])=C\c1ccc(C(=O)NC(CS)c2ccc(C(=O)O)cc2)cc1. The number of carboxylic acids is 1. The fourth-order valence-corrected chi connectivity index (χ4v) is 2.69. The molecule has 0 spiro atoms. The molecule has 0 aromatic heterocycles. The van der Waals surface area contributed by atoms with E-state index in [4.69, 9.17) is 5.11 Å². The molecule has 1 unspecified atom stereocenters. The quantitative estimate of drug-likeness (QED) is 0.227. The number of carbonyl (C=O) groups excluding carboxylic acids is 1. The molecule has 1 atom stereocenters. The van der Waals surface area contributed by atoms with Crippen LogP contribution in [0.5, 0.6) is 0 Å². The zero-order valence-corrected chi connectivity index (χ0v) is 16.9. The van der Waals surface area contributed by atoms with Crippen LogP contribution in [-0.4, -0.2) is 39.2 Å². The summed E-state index contributed by atoms with van der Waals surface area (Å²) in [5, 5.41) is 23.9. The van der Waals surface area contributed by atoms with E-state index in [1.165, 1.54) is 18.3 Å². The number of aromatic carboxylic acids is 1. The molecule has 0 bridgehead atoms. The summed E-state index contributed by atoms with van der Waals surface area (Å²) in [7, 11) is 0. The highest BCUT2D eigenvalue weighted by molar-refractivity contribution is 7.80. The summed E-state index contributed by atoms with van der Waals surface area (Å²) < 4.78 is 0.875. The molecule has 2 N–H and O–H groups in total. The maximum absolute atomic E-state index is 12.5. The number of hydrogen-bond donors (Lipinski definition) is 3. The van der Waals surface area contributed by atoms with Crippen molar-refractivity contribution >= 4 is 30.7 Å². The normalized spacial score (nSPS) is 13.1. The first-order chi connectivity index (χ1) is 13.1. The van der Waals surface area contributed by atoms with Crippen molar-refractivity contribution in [2.75, 3.05) is 5.75 Å². The molecule has 0 aliphatic carbocycles. The van der Waals surface area contributed by atoms with Crippen LogP contribution in [0.3, 0.4) is 0 Å². The predicted molar refractivity (Wildman–Crippen MR) is 112 cm³/mol. The lowest BCUT2D eigenvalue weighted by Gasteiger charge is -2.19. The Hall–Kier alpha value is -2.80. The summed E-state index contributed by atoms with van der Waals surface area (Å²) in [6.45, 7) is 5.46. The van der Waals surface area contributed by atoms with Crippen LogP contribution < -0.4 is 5.32 Å². The van der Waals surface area contributed by atoms with Crippen LogP contribution in [0.25, 0.3) is 0 Å². The molecule has 0 aliphatic heterocycles. The van der Waals surface area contributed by atoms with E-state index in [9.17, 15) is 14.8 Å². The lowest BCUT2D eigenvalue weighted by Crippen LogP contribution is -2.30. The molecule has 6 nitrogen and oxygen atoms in total. The van der Waals surface area contributed by atoms with E-state index >= 15 is 0 Å². The number of amides is 1. The Labute approximate surface area is 169 Å². The minimum atomic E-state index is -1.00. The zero-order valence-electron chi connectivity index (χ0n) is 16.0. The first kappa shape index (κ1) is 21.5. The average molecular weight is 401 g/mol. The number of hydrogen-bond acceptors (Lipinski definition) is 4. The van der Waals surface area contributed by atoms with Crippen molar-refractivity contribution in [1.29, 1.82) is 0 Å². The number of carboxylic acid groups (broad SMARTS) is 1. The molecule has 0 fully saturated rings. The number of nitrogens with zero attached hydrogens (tertiary/aromatic N) is 1. The highest BCUT2D eigenvalue weighted by atomic mass is 32.1. The second-order valence-corrected chi connectivity index (χ2v) is 7.75. The van der Waals surface area contributed by atoms with E-state index in [0.29, 0.717) is 16.9 Å². The lowest BCUT2D eigenvalue weighted by atomic mass is 10.0. The zero-order chi connectivity index (χ0) is 20.9. The van der Waals surface area contributed by atoms with Crippen molar-refractivity contribution in [1.82, 2.24) is 5.32 Å². The van der Waals surface area contributed by atoms with Gasteiger partial charge in [0.2, 0.25) is 0 Å². The fraction of sp³-hybridized carbons (Fsp3) is 0.286. The Morgan fingerprint density at radius 3 is 2.11 bits per heavy atom. The van der Waals surface area contributed by atoms with Crippen molar-refractivity contribution in [2.45, 2.75) is 32.4 Å². The van der Waals surface area contributed by atoms with Gasteiger partial charge in [0.25, 0.3) is 5.91 Å². The van der Waals surface area contributed by atoms with Crippen LogP contribution in [-0.2, 0) is 0 Å². The van der Waals surface area contributed by atoms with E-state index in [1.807, 2.05) is 20.8 Å². The minimum absolute atomic E-state index is 0.183. The predicted octanol–water partition coefficient (Wildman–Crippen LogP) is 3.51. The van der Waals surface area contributed by atoms with Gasteiger partial charge in [-0.2, -0.15) is 12.6 Å². The standard InChI is InChI=1S/C21H24N2O4S/c1-21(2,3)23(27)12-14-4-6-16(7-5-14)19(24)22-18(13-28)15-8-10-17(11-9-15)20(25)26/h4-12,18,28H,13H2,1-3H3,(H,22,24)(H,25,26)/b23-12+. The van der Waals surface area contributed by atoms with Crippen molar-refractivity contribution in [3.63, 3.8) is 0 Å². The van der Waals surface area contributed by atoms with Gasteiger partial charge >= 0.3 is 5.97 Å². The van der Waals surface area contributed by atoms with E-state index in [2.05, 4.69) is 17.9 Å². The summed E-state index contributed by atoms with van der Waals surface area (Å²) in [6.07, 6.45) is 1.49. The summed E-state index contributed by atoms with van der Waals surface area (Å²) in [4.78, 5) is 23.5. The summed E-state index contributed by atoms with van der Waals surface area (Å²) in [5.74, 6) is -0.915. The van der Waals surface area contributed by atoms with Crippen LogP contribution in [0.4, 0.5) is 0 Å². The topological polar surface area (TPSA) is 92.5 Å². The molecule has 28 heavy (non-hydrogen) atoms. The van der Waals surface area contributed by atoms with Crippen molar-refractivity contribution in [2.24, 2.45) is 0 Å². The maximum atomic E-state index is 12.5. The number of hydroxylamine groups is 1. The van der Waals surface area contributed by atoms with Crippen molar-refractivity contribution in [3.05, 3.63) is 76.0 Å². The molecule has 0 aliphatic rings. The smallest absolute Gasteiger partial charge is 0.335 e. The summed E-state index contributed by atoms with van der Waals surface area (Å²) in [6, 6.07) is 12.7. The number of benzene rings is 2. The van der Waals surface area contributed by atoms with Crippen LogP contribution in [0.1, 0.15) is 58.7 Å². The van der Waals surface area contributed by atoms with E-state index in [-0.39, 0.29) is 17.5 Å². The first-order valence-corrected chi connectivity index (χ1v) is 9.41. The second kappa shape index (κ2) is 8.93. The minimum Gasteiger partial charge on any atom is -0.623 e. The number of rotatable bonds is 6. The Morgan fingerprint density at radius 2 is 1.64 bits per heavy atom. The van der Waals surface area contributed by atoms with Gasteiger partial charge in [0.05, 0.1) is 11.6 Å². The second-order valence-electron chi connectivity index (χ2n) is 7.38. The largest absolute Gasteiger partial charge is 0.623 e. The Kier molecular flexibility index (Phi) is 6.85. The fourth-order valence-electron chi connectivity index (χ4n) is 2.38. The molecule has 7 heteroatoms. The van der Waals surface area contributed by atoms with Gasteiger partial charge < -0.3 is 15.6 Å². The van der Waals surface area contributed by atoms with Gasteiger partial charge in [-0.1, -0.05) is 12.1 Å². The van der Waals surface area contributed by atoms with Gasteiger partial charge in [-0.25, -0.2) is 9.53 Å². The molecule has 1 amide bonds. The van der Waals surface area contributed by atoms with Gasteiger partial charge in [0, 0.05) is 37.7 Å². The molecule has 148 valence electrons. The molecule has 0 heterocycles. The molecule has 2 aromatic rings. The third-order valence-electron chi connectivity index (χ3n) is 4.15. The molecular weight excluding hydrogens is 376 g/mol. The third-order valence-corrected chi connectivity index (χ3v) is 4.51. The van der Waals surface area contributed by atoms with Gasteiger partial charge in [0.15, 0.2) is 11.8 Å². The maximum Gasteiger partial charge on any atom is 0.335 e. The molecule has 2 aromatic carbocycles. The Balaban J connectivity index is 2.11. The Morgan fingerprint density at radius 1 is 1.11 bits per heavy atom. The van der Waals surface area contributed by atoms with Crippen LogP contribution in [0, 0.1) is 5.21 Å². The summed E-state index contributed by atoms with van der Waals surface area (Å²) >= 11 is 4.29. The third kappa shape index (κ3) is 5.60. The van der Waals surface area contributed by atoms with E-state index in [0.717, 1.165) is 10.3 Å². The van der Waals surface area contributed by atoms with Crippen LogP contribution in [0.15, 0.2) is 48.5 Å². The van der Waals surface area contributed by atoms with E-state index < -0.39 is 11.5 Å². The lowest BCUT2D eigenvalue weighted by molar-refractivity contribution is -0.530. The molecular formula is C21H24N2O4S. The van der Waals surface area contributed by atoms with Gasteiger partial charge in [0.1, 0.15) is 0 Å². The molecule has 2 rings (SSSR count).